The second kappa shape index (κ2) is 15.0. The number of nitriles is 1. The van der Waals surface area contributed by atoms with E-state index in [0.29, 0.717) is 27.7 Å². The Bertz CT molecular complexity index is 1810. The molecule has 0 saturated carbocycles. The molecule has 0 radical (unpaired) electrons. The van der Waals surface area contributed by atoms with E-state index in [1.807, 2.05) is 55.4 Å². The molecule has 0 aliphatic heterocycles. The number of nitrogens with zero attached hydrogens (tertiary/aromatic N) is 2. The first-order valence-electron chi connectivity index (χ1n) is 14.9. The lowest BCUT2D eigenvalue weighted by Gasteiger charge is -2.17. The van der Waals surface area contributed by atoms with Gasteiger partial charge in [0.15, 0.2) is 0 Å². The number of amides is 3. The third-order valence-electron chi connectivity index (χ3n) is 7.59. The fourth-order valence-electron chi connectivity index (χ4n) is 5.11. The summed E-state index contributed by atoms with van der Waals surface area (Å²) < 4.78 is 0. The van der Waals surface area contributed by atoms with Crippen molar-refractivity contribution in [1.82, 2.24) is 5.32 Å². The van der Waals surface area contributed by atoms with E-state index in [9.17, 15) is 19.6 Å². The van der Waals surface area contributed by atoms with Crippen molar-refractivity contribution >= 4 is 63.3 Å². The first-order valence-corrected chi connectivity index (χ1v) is 16.7. The van der Waals surface area contributed by atoms with Gasteiger partial charge in [-0.15, -0.1) is 23.1 Å². The summed E-state index contributed by atoms with van der Waals surface area (Å²) in [7, 11) is 3.90. The Morgan fingerprint density at radius 2 is 1.78 bits per heavy atom. The van der Waals surface area contributed by atoms with Crippen LogP contribution in [0.15, 0.2) is 89.5 Å². The zero-order chi connectivity index (χ0) is 32.6. The number of anilines is 3. The average Bonchev–Trinajstić information content (AvgIpc) is 3.39. The van der Waals surface area contributed by atoms with Crippen LogP contribution in [-0.2, 0) is 22.4 Å². The van der Waals surface area contributed by atoms with Crippen LogP contribution in [-0.4, -0.2) is 37.6 Å². The topological polar surface area (TPSA) is 114 Å². The molecule has 0 bridgehead atoms. The summed E-state index contributed by atoms with van der Waals surface area (Å²) in [6.45, 7) is 2.21. The van der Waals surface area contributed by atoms with E-state index in [1.165, 1.54) is 28.0 Å². The first kappa shape index (κ1) is 32.5. The van der Waals surface area contributed by atoms with Gasteiger partial charge >= 0.3 is 0 Å². The van der Waals surface area contributed by atoms with Crippen LogP contribution in [0.3, 0.4) is 0 Å². The minimum Gasteiger partial charge on any atom is -0.378 e. The minimum atomic E-state index is -0.485. The number of hydrogen-bond donors (Lipinski definition) is 3. The van der Waals surface area contributed by atoms with Gasteiger partial charge in [0.05, 0.1) is 11.3 Å². The summed E-state index contributed by atoms with van der Waals surface area (Å²) in [6.07, 6.45) is 4.49. The number of nitrogens with one attached hydrogen (secondary N) is 3. The Morgan fingerprint density at radius 3 is 2.50 bits per heavy atom. The van der Waals surface area contributed by atoms with Crippen molar-refractivity contribution in [2.75, 3.05) is 35.4 Å². The van der Waals surface area contributed by atoms with Gasteiger partial charge in [-0.25, -0.2) is 0 Å². The van der Waals surface area contributed by atoms with Crippen LogP contribution in [0.2, 0.25) is 0 Å². The second-order valence-corrected chi connectivity index (χ2v) is 13.5. The Labute approximate surface area is 277 Å². The van der Waals surface area contributed by atoms with Gasteiger partial charge in [0.25, 0.3) is 11.8 Å². The molecule has 10 heteroatoms. The molecule has 3 aromatic carbocycles. The third-order valence-corrected chi connectivity index (χ3v) is 9.75. The fraction of sp³-hybridized carbons (Fsp3) is 0.222. The molecule has 3 N–H and O–H groups in total. The summed E-state index contributed by atoms with van der Waals surface area (Å²) in [5, 5.41) is 19.0. The highest BCUT2D eigenvalue weighted by Crippen LogP contribution is 2.39. The van der Waals surface area contributed by atoms with Crippen LogP contribution in [0.5, 0.6) is 0 Å². The lowest BCUT2D eigenvalue weighted by molar-refractivity contribution is -0.114. The number of fused-ring (bicyclic) bond motifs is 1. The first-order chi connectivity index (χ1) is 22.2. The molecule has 1 aliphatic carbocycles. The number of benzene rings is 3. The van der Waals surface area contributed by atoms with Gasteiger partial charge in [-0.1, -0.05) is 43.3 Å². The molecule has 4 aromatic rings. The van der Waals surface area contributed by atoms with Crippen LogP contribution in [0.25, 0.3) is 6.08 Å². The molecule has 5 rings (SSSR count). The zero-order valence-electron chi connectivity index (χ0n) is 25.9. The maximum atomic E-state index is 13.5. The van der Waals surface area contributed by atoms with Gasteiger partial charge in [0, 0.05) is 40.8 Å². The van der Waals surface area contributed by atoms with Crippen molar-refractivity contribution in [2.24, 2.45) is 5.92 Å². The normalized spacial score (nSPS) is 14.0. The summed E-state index contributed by atoms with van der Waals surface area (Å²) >= 11 is 2.84. The highest BCUT2D eigenvalue weighted by atomic mass is 32.2. The number of thiophene rings is 1. The molecule has 0 spiro atoms. The molecule has 46 heavy (non-hydrogen) atoms. The Balaban J connectivity index is 1.26. The second-order valence-electron chi connectivity index (χ2n) is 11.4. The van der Waals surface area contributed by atoms with E-state index in [-0.39, 0.29) is 17.4 Å². The van der Waals surface area contributed by atoms with Crippen LogP contribution in [0, 0.1) is 17.2 Å². The maximum absolute atomic E-state index is 13.5. The SMILES string of the molecule is CC1CCc2c(sc(NC(=O)CSc3cccc(NC(=O)/C(=C\c4ccc(N(C)C)cc4)NC(=O)c4ccccc4)c3)c2C#N)C1. The quantitative estimate of drug-likeness (QED) is 0.127. The Morgan fingerprint density at radius 1 is 1.02 bits per heavy atom. The van der Waals surface area contributed by atoms with Crippen molar-refractivity contribution < 1.29 is 14.4 Å². The summed E-state index contributed by atoms with van der Waals surface area (Å²) in [4.78, 5) is 43.3. The molecule has 1 aliphatic rings. The van der Waals surface area contributed by atoms with Crippen molar-refractivity contribution in [1.29, 1.82) is 5.26 Å². The van der Waals surface area contributed by atoms with Crippen molar-refractivity contribution in [2.45, 2.75) is 31.1 Å². The summed E-state index contributed by atoms with van der Waals surface area (Å²) in [5.74, 6) is -0.367. The van der Waals surface area contributed by atoms with E-state index in [2.05, 4.69) is 28.9 Å². The number of hydrogen-bond acceptors (Lipinski definition) is 7. The number of carbonyl (C=O) groups excluding carboxylic acids is 3. The highest BCUT2D eigenvalue weighted by Gasteiger charge is 2.24. The zero-order valence-corrected chi connectivity index (χ0v) is 27.6. The standard InChI is InChI=1S/C36H35N5O3S2/c1-23-12-17-29-30(21-37)36(46-32(29)18-23)40-33(42)22-45-28-11-7-10-26(20-28)38-35(44)31(39-34(43)25-8-5-4-6-9-25)19-24-13-15-27(16-14-24)41(2)3/h4-11,13-16,19-20,23H,12,17-18,22H2,1-3H3,(H,38,44)(H,39,43)(H,40,42)/b31-19+. The molecule has 1 heterocycles. The summed E-state index contributed by atoms with van der Waals surface area (Å²) in [5.41, 5.74) is 4.47. The molecular weight excluding hydrogens is 615 g/mol. The molecule has 0 saturated heterocycles. The molecule has 1 aromatic heterocycles. The predicted octanol–water partition coefficient (Wildman–Crippen LogP) is 6.95. The molecular formula is C36H35N5O3S2. The lowest BCUT2D eigenvalue weighted by Crippen LogP contribution is -2.30. The molecule has 1 unspecified atom stereocenters. The van der Waals surface area contributed by atoms with Gasteiger partial charge in [-0.05, 0) is 84.8 Å². The predicted molar refractivity (Wildman–Crippen MR) is 187 cm³/mol. The number of carbonyl (C=O) groups is 3. The Kier molecular flexibility index (Phi) is 10.6. The van der Waals surface area contributed by atoms with Gasteiger partial charge in [-0.3, -0.25) is 14.4 Å². The van der Waals surface area contributed by atoms with E-state index in [4.69, 9.17) is 0 Å². The molecule has 8 nitrogen and oxygen atoms in total. The van der Waals surface area contributed by atoms with E-state index < -0.39 is 11.8 Å². The van der Waals surface area contributed by atoms with Gasteiger partial charge in [0.1, 0.15) is 16.8 Å². The Hall–Kier alpha value is -4.85. The minimum absolute atomic E-state index is 0.0882. The van der Waals surface area contributed by atoms with Gasteiger partial charge in [0.2, 0.25) is 5.91 Å². The van der Waals surface area contributed by atoms with Crippen molar-refractivity contribution in [3.63, 3.8) is 0 Å². The van der Waals surface area contributed by atoms with E-state index in [0.717, 1.165) is 41.0 Å². The van der Waals surface area contributed by atoms with E-state index >= 15 is 0 Å². The van der Waals surface area contributed by atoms with Gasteiger partial charge < -0.3 is 20.9 Å². The monoisotopic (exact) mass is 649 g/mol. The average molecular weight is 650 g/mol. The third kappa shape index (κ3) is 8.24. The van der Waals surface area contributed by atoms with Crippen LogP contribution < -0.4 is 20.9 Å². The molecule has 3 amide bonds. The number of thioether (sulfide) groups is 1. The lowest BCUT2D eigenvalue weighted by atomic mass is 9.89. The molecule has 234 valence electrons. The molecule has 0 fully saturated rings. The fourth-order valence-corrected chi connectivity index (χ4v) is 7.24. The van der Waals surface area contributed by atoms with Crippen LogP contribution in [0.1, 0.15) is 45.3 Å². The maximum Gasteiger partial charge on any atom is 0.272 e. The smallest absolute Gasteiger partial charge is 0.272 e. The largest absolute Gasteiger partial charge is 0.378 e. The van der Waals surface area contributed by atoms with E-state index in [1.54, 1.807) is 48.5 Å². The molecule has 1 atom stereocenters. The number of rotatable bonds is 10. The van der Waals surface area contributed by atoms with Crippen molar-refractivity contribution in [3.8, 4) is 6.07 Å². The van der Waals surface area contributed by atoms with Crippen LogP contribution >= 0.6 is 23.1 Å². The van der Waals surface area contributed by atoms with Crippen LogP contribution in [0.4, 0.5) is 16.4 Å². The van der Waals surface area contributed by atoms with Gasteiger partial charge in [-0.2, -0.15) is 5.26 Å². The van der Waals surface area contributed by atoms with Crippen molar-refractivity contribution in [3.05, 3.63) is 112 Å². The highest BCUT2D eigenvalue weighted by molar-refractivity contribution is 8.00. The summed E-state index contributed by atoms with van der Waals surface area (Å²) in [6, 6.07) is 25.8.